The number of ether oxygens (including phenoxy) is 2. The van der Waals surface area contributed by atoms with Crippen molar-refractivity contribution in [1.29, 1.82) is 0 Å². The van der Waals surface area contributed by atoms with Gasteiger partial charge in [0.1, 0.15) is 5.75 Å². The minimum Gasteiger partial charge on any atom is -0.491 e. The first-order valence-corrected chi connectivity index (χ1v) is 7.89. The van der Waals surface area contributed by atoms with Crippen LogP contribution in [0.1, 0.15) is 43.5 Å². The van der Waals surface area contributed by atoms with Crippen molar-refractivity contribution in [3.05, 3.63) is 23.8 Å². The van der Waals surface area contributed by atoms with Crippen LogP contribution in [0.25, 0.3) is 0 Å². The Hall–Kier alpha value is -1.55. The third-order valence-corrected chi connectivity index (χ3v) is 3.71. The van der Waals surface area contributed by atoms with E-state index in [2.05, 4.69) is 11.8 Å². The molecule has 0 aliphatic carbocycles. The van der Waals surface area contributed by atoms with E-state index in [4.69, 9.17) is 9.47 Å². The summed E-state index contributed by atoms with van der Waals surface area (Å²) in [5.74, 6) is 1.04. The molecule has 0 unspecified atom stereocenters. The Bertz CT molecular complexity index is 467. The van der Waals surface area contributed by atoms with Gasteiger partial charge in [0.05, 0.1) is 25.5 Å². The Balaban J connectivity index is 2.23. The standard InChI is InChI=1S/C17H25NO3/c1-3-5-10-21-17-7-6-14(16(19)4-2)13-15(17)18-8-11-20-12-9-18/h6-7,13H,3-5,8-12H2,1-2H3. The highest BCUT2D eigenvalue weighted by atomic mass is 16.5. The zero-order valence-electron chi connectivity index (χ0n) is 13.1. The van der Waals surface area contributed by atoms with Gasteiger partial charge in [0.2, 0.25) is 0 Å². The maximum absolute atomic E-state index is 11.9. The van der Waals surface area contributed by atoms with Crippen molar-refractivity contribution in [3.8, 4) is 5.75 Å². The van der Waals surface area contributed by atoms with Crippen molar-refractivity contribution in [3.63, 3.8) is 0 Å². The molecule has 1 aromatic carbocycles. The van der Waals surface area contributed by atoms with Crippen LogP contribution in [0.5, 0.6) is 5.75 Å². The molecule has 21 heavy (non-hydrogen) atoms. The number of ketones is 1. The molecule has 0 amide bonds. The number of Topliss-reactive ketones (excluding diaryl/α,β-unsaturated/α-hetero) is 1. The number of carbonyl (C=O) groups is 1. The fourth-order valence-corrected chi connectivity index (χ4v) is 2.39. The van der Waals surface area contributed by atoms with E-state index in [0.29, 0.717) is 6.42 Å². The van der Waals surface area contributed by atoms with Gasteiger partial charge >= 0.3 is 0 Å². The Morgan fingerprint density at radius 1 is 1.29 bits per heavy atom. The van der Waals surface area contributed by atoms with Gasteiger partial charge in [-0.2, -0.15) is 0 Å². The molecule has 4 heteroatoms. The summed E-state index contributed by atoms with van der Waals surface area (Å²) in [6.45, 7) is 7.88. The molecule has 1 aliphatic heterocycles. The SMILES string of the molecule is CCCCOc1ccc(C(=O)CC)cc1N1CCOCC1. The van der Waals surface area contributed by atoms with Gasteiger partial charge < -0.3 is 14.4 Å². The third kappa shape index (κ3) is 4.21. The van der Waals surface area contributed by atoms with E-state index >= 15 is 0 Å². The smallest absolute Gasteiger partial charge is 0.162 e. The van der Waals surface area contributed by atoms with Crippen molar-refractivity contribution in [2.75, 3.05) is 37.8 Å². The quantitative estimate of drug-likeness (QED) is 0.571. The number of anilines is 1. The summed E-state index contributed by atoms with van der Waals surface area (Å²) in [5, 5.41) is 0. The Morgan fingerprint density at radius 3 is 2.71 bits per heavy atom. The summed E-state index contributed by atoms with van der Waals surface area (Å²) in [4.78, 5) is 14.2. The van der Waals surface area contributed by atoms with Crippen LogP contribution in [0.15, 0.2) is 18.2 Å². The van der Waals surface area contributed by atoms with Gasteiger partial charge in [-0.05, 0) is 24.6 Å². The average molecular weight is 291 g/mol. The summed E-state index contributed by atoms with van der Waals surface area (Å²) in [5.41, 5.74) is 1.79. The number of hydrogen-bond acceptors (Lipinski definition) is 4. The molecule has 1 fully saturated rings. The average Bonchev–Trinajstić information content (AvgIpc) is 2.55. The molecule has 1 saturated heterocycles. The maximum Gasteiger partial charge on any atom is 0.162 e. The monoisotopic (exact) mass is 291 g/mol. The summed E-state index contributed by atoms with van der Waals surface area (Å²) < 4.78 is 11.3. The lowest BCUT2D eigenvalue weighted by Crippen LogP contribution is -2.36. The van der Waals surface area contributed by atoms with Gasteiger partial charge in [-0.1, -0.05) is 20.3 Å². The first-order chi connectivity index (χ1) is 10.3. The minimum absolute atomic E-state index is 0.171. The Morgan fingerprint density at radius 2 is 2.05 bits per heavy atom. The van der Waals surface area contributed by atoms with Gasteiger partial charge in [0.15, 0.2) is 5.78 Å². The molecule has 0 aromatic heterocycles. The van der Waals surface area contributed by atoms with Crippen LogP contribution in [0, 0.1) is 0 Å². The van der Waals surface area contributed by atoms with E-state index in [0.717, 1.165) is 62.8 Å². The van der Waals surface area contributed by atoms with Gasteiger partial charge in [-0.3, -0.25) is 4.79 Å². The number of unbranched alkanes of at least 4 members (excludes halogenated alkanes) is 1. The number of carbonyl (C=O) groups excluding carboxylic acids is 1. The second-order valence-electron chi connectivity index (χ2n) is 5.26. The summed E-state index contributed by atoms with van der Waals surface area (Å²) in [6, 6.07) is 5.78. The molecule has 1 aliphatic rings. The molecule has 116 valence electrons. The number of nitrogens with zero attached hydrogens (tertiary/aromatic N) is 1. The fourth-order valence-electron chi connectivity index (χ4n) is 2.39. The molecular weight excluding hydrogens is 266 g/mol. The highest BCUT2D eigenvalue weighted by molar-refractivity contribution is 5.97. The zero-order chi connectivity index (χ0) is 15.1. The second-order valence-corrected chi connectivity index (χ2v) is 5.26. The lowest BCUT2D eigenvalue weighted by atomic mass is 10.1. The van der Waals surface area contributed by atoms with Crippen molar-refractivity contribution >= 4 is 11.5 Å². The van der Waals surface area contributed by atoms with Gasteiger partial charge in [0, 0.05) is 25.1 Å². The highest BCUT2D eigenvalue weighted by Gasteiger charge is 2.17. The molecule has 2 rings (SSSR count). The van der Waals surface area contributed by atoms with Crippen molar-refractivity contribution in [2.24, 2.45) is 0 Å². The molecular formula is C17H25NO3. The van der Waals surface area contributed by atoms with Crippen LogP contribution in [-0.4, -0.2) is 38.7 Å². The molecule has 0 radical (unpaired) electrons. The first-order valence-electron chi connectivity index (χ1n) is 7.89. The summed E-state index contributed by atoms with van der Waals surface area (Å²) in [6.07, 6.45) is 2.68. The molecule has 0 N–H and O–H groups in total. The first kappa shape index (κ1) is 15.8. The van der Waals surface area contributed by atoms with E-state index in [9.17, 15) is 4.79 Å². The molecule has 0 spiro atoms. The van der Waals surface area contributed by atoms with Gasteiger partial charge in [-0.15, -0.1) is 0 Å². The van der Waals surface area contributed by atoms with Crippen LogP contribution in [0.2, 0.25) is 0 Å². The van der Waals surface area contributed by atoms with Crippen LogP contribution < -0.4 is 9.64 Å². The van der Waals surface area contributed by atoms with E-state index in [1.807, 2.05) is 25.1 Å². The summed E-state index contributed by atoms with van der Waals surface area (Å²) >= 11 is 0. The Labute approximate surface area is 127 Å². The van der Waals surface area contributed by atoms with Crippen LogP contribution in [0.4, 0.5) is 5.69 Å². The molecule has 0 bridgehead atoms. The molecule has 0 atom stereocenters. The van der Waals surface area contributed by atoms with E-state index in [1.54, 1.807) is 0 Å². The maximum atomic E-state index is 11.9. The van der Waals surface area contributed by atoms with Crippen LogP contribution in [-0.2, 0) is 4.74 Å². The third-order valence-electron chi connectivity index (χ3n) is 3.71. The summed E-state index contributed by atoms with van der Waals surface area (Å²) in [7, 11) is 0. The topological polar surface area (TPSA) is 38.8 Å². The van der Waals surface area contributed by atoms with Gasteiger partial charge in [-0.25, -0.2) is 0 Å². The predicted octanol–water partition coefficient (Wildman–Crippen LogP) is 3.29. The normalized spacial score (nSPS) is 15.0. The zero-order valence-corrected chi connectivity index (χ0v) is 13.1. The fraction of sp³-hybridized carbons (Fsp3) is 0.588. The lowest BCUT2D eigenvalue weighted by Gasteiger charge is -2.30. The Kier molecular flexibility index (Phi) is 6.05. The predicted molar refractivity (Wildman–Crippen MR) is 84.5 cm³/mol. The van der Waals surface area contributed by atoms with Crippen LogP contribution in [0.3, 0.4) is 0 Å². The van der Waals surface area contributed by atoms with Crippen molar-refractivity contribution in [1.82, 2.24) is 0 Å². The number of rotatable bonds is 7. The second kappa shape index (κ2) is 8.03. The van der Waals surface area contributed by atoms with E-state index in [1.165, 1.54) is 0 Å². The van der Waals surface area contributed by atoms with E-state index < -0.39 is 0 Å². The number of benzene rings is 1. The van der Waals surface area contributed by atoms with Crippen molar-refractivity contribution < 1.29 is 14.3 Å². The minimum atomic E-state index is 0.171. The lowest BCUT2D eigenvalue weighted by molar-refractivity contribution is 0.0988. The molecule has 1 heterocycles. The van der Waals surface area contributed by atoms with E-state index in [-0.39, 0.29) is 5.78 Å². The van der Waals surface area contributed by atoms with Crippen molar-refractivity contribution in [2.45, 2.75) is 33.1 Å². The number of morpholine rings is 1. The molecule has 4 nitrogen and oxygen atoms in total. The molecule has 1 aromatic rings. The number of hydrogen-bond donors (Lipinski definition) is 0. The van der Waals surface area contributed by atoms with Crippen LogP contribution >= 0.6 is 0 Å². The largest absolute Gasteiger partial charge is 0.491 e. The highest BCUT2D eigenvalue weighted by Crippen LogP contribution is 2.31. The van der Waals surface area contributed by atoms with Gasteiger partial charge in [0.25, 0.3) is 0 Å². The molecule has 0 saturated carbocycles.